The summed E-state index contributed by atoms with van der Waals surface area (Å²) in [4.78, 5) is 17.0. The molecule has 5 nitrogen and oxygen atoms in total. The van der Waals surface area contributed by atoms with Gasteiger partial charge in [-0.3, -0.25) is 4.79 Å². The van der Waals surface area contributed by atoms with Crippen LogP contribution in [-0.2, 0) is 11.5 Å². The van der Waals surface area contributed by atoms with E-state index in [1.54, 1.807) is 16.9 Å². The Bertz CT molecular complexity index is 667. The molecule has 0 aliphatic carbocycles. The summed E-state index contributed by atoms with van der Waals surface area (Å²) < 4.78 is 8.46. The van der Waals surface area contributed by atoms with Crippen molar-refractivity contribution in [2.75, 3.05) is 6.61 Å². The van der Waals surface area contributed by atoms with Crippen molar-refractivity contribution in [2.45, 2.75) is 32.4 Å². The van der Waals surface area contributed by atoms with Crippen molar-refractivity contribution in [2.24, 2.45) is 0 Å². The lowest BCUT2D eigenvalue weighted by Gasteiger charge is -2.15. The van der Waals surface area contributed by atoms with Gasteiger partial charge in [0.1, 0.15) is 21.9 Å². The Labute approximate surface area is 151 Å². The van der Waals surface area contributed by atoms with Gasteiger partial charge in [0.25, 0.3) is 0 Å². The number of carbonyl (C=O) groups excluding carboxylic acids is 1. The van der Waals surface area contributed by atoms with E-state index in [-0.39, 0.29) is 5.78 Å². The monoisotopic (exact) mass is 465 g/mol. The van der Waals surface area contributed by atoms with E-state index in [1.807, 2.05) is 0 Å². The van der Waals surface area contributed by atoms with Crippen LogP contribution in [0.15, 0.2) is 20.8 Å². The zero-order chi connectivity index (χ0) is 16.3. The Morgan fingerprint density at radius 1 is 1.41 bits per heavy atom. The first-order valence-corrected chi connectivity index (χ1v) is 12.8. The second-order valence-electron chi connectivity index (χ2n) is 6.00. The summed E-state index contributed by atoms with van der Waals surface area (Å²) in [6, 6.07) is 2.81. The van der Waals surface area contributed by atoms with Gasteiger partial charge in [-0.2, -0.15) is 5.10 Å². The SMILES string of the molecule is C[Si](C)(C)CCOCn1ccc(C(=O)c2sc(Br)nc2Br)n1. The predicted molar refractivity (Wildman–Crippen MR) is 97.3 cm³/mol. The fraction of sp³-hybridized carbons (Fsp3) is 0.462. The number of halogens is 2. The maximum Gasteiger partial charge on any atom is 0.225 e. The highest BCUT2D eigenvalue weighted by Gasteiger charge is 2.19. The van der Waals surface area contributed by atoms with Crippen LogP contribution in [0.1, 0.15) is 15.4 Å². The molecule has 0 aliphatic heterocycles. The number of carbonyl (C=O) groups is 1. The third kappa shape index (κ3) is 5.09. The second kappa shape index (κ2) is 7.48. The standard InChI is InChI=1S/C13H17Br2N3O2SSi/c1-22(2,3)7-6-20-8-18-5-4-9(17-18)10(19)11-12(14)16-13(15)21-11/h4-5H,6-8H2,1-3H3. The number of rotatable bonds is 7. The van der Waals surface area contributed by atoms with Gasteiger partial charge in [-0.1, -0.05) is 19.6 Å². The number of aromatic nitrogens is 3. The minimum atomic E-state index is -1.08. The largest absolute Gasteiger partial charge is 0.360 e. The van der Waals surface area contributed by atoms with Gasteiger partial charge in [-0.05, 0) is 44.0 Å². The van der Waals surface area contributed by atoms with Gasteiger partial charge in [0.2, 0.25) is 5.78 Å². The molecule has 0 aliphatic rings. The Kier molecular flexibility index (Phi) is 6.12. The molecule has 2 aromatic rings. The van der Waals surface area contributed by atoms with Crippen LogP contribution in [0.3, 0.4) is 0 Å². The normalized spacial score (nSPS) is 11.9. The molecule has 0 amide bonds. The molecule has 0 radical (unpaired) electrons. The number of ketones is 1. The summed E-state index contributed by atoms with van der Waals surface area (Å²) >= 11 is 7.84. The molecule has 0 N–H and O–H groups in total. The van der Waals surface area contributed by atoms with E-state index >= 15 is 0 Å². The van der Waals surface area contributed by atoms with E-state index in [0.717, 1.165) is 12.7 Å². The molecule has 0 atom stereocenters. The number of nitrogens with zero attached hydrogens (tertiary/aromatic N) is 3. The summed E-state index contributed by atoms with van der Waals surface area (Å²) in [6.07, 6.45) is 1.76. The van der Waals surface area contributed by atoms with Crippen LogP contribution in [0.4, 0.5) is 0 Å². The summed E-state index contributed by atoms with van der Waals surface area (Å²) in [7, 11) is -1.08. The fourth-order valence-electron chi connectivity index (χ4n) is 1.62. The average molecular weight is 467 g/mol. The van der Waals surface area contributed by atoms with Gasteiger partial charge in [-0.25, -0.2) is 9.67 Å². The number of hydrogen-bond donors (Lipinski definition) is 0. The van der Waals surface area contributed by atoms with Crippen molar-refractivity contribution in [3.63, 3.8) is 0 Å². The van der Waals surface area contributed by atoms with Crippen molar-refractivity contribution >= 4 is 57.1 Å². The molecule has 120 valence electrons. The maximum absolute atomic E-state index is 12.4. The smallest absolute Gasteiger partial charge is 0.225 e. The Balaban J connectivity index is 1.94. The molecule has 0 bridgehead atoms. The molecular formula is C13H17Br2N3O2SSi. The van der Waals surface area contributed by atoms with Gasteiger partial charge in [0.05, 0.1) is 0 Å². The van der Waals surface area contributed by atoms with Gasteiger partial charge in [-0.15, -0.1) is 11.3 Å². The van der Waals surface area contributed by atoms with E-state index in [4.69, 9.17) is 4.74 Å². The first-order chi connectivity index (χ1) is 10.3. The van der Waals surface area contributed by atoms with Gasteiger partial charge >= 0.3 is 0 Å². The molecule has 0 unspecified atom stereocenters. The van der Waals surface area contributed by atoms with Crippen LogP contribution < -0.4 is 0 Å². The minimum absolute atomic E-state index is 0.143. The Morgan fingerprint density at radius 3 is 2.73 bits per heavy atom. The lowest BCUT2D eigenvalue weighted by molar-refractivity contribution is 0.0780. The Morgan fingerprint density at radius 2 is 2.14 bits per heavy atom. The third-order valence-electron chi connectivity index (χ3n) is 2.86. The van der Waals surface area contributed by atoms with E-state index < -0.39 is 8.07 Å². The number of hydrogen-bond acceptors (Lipinski definition) is 5. The Hall–Kier alpha value is -0.353. The second-order valence-corrected chi connectivity index (χ2v) is 14.7. The van der Waals surface area contributed by atoms with Crippen LogP contribution in [0.25, 0.3) is 0 Å². The lowest BCUT2D eigenvalue weighted by Crippen LogP contribution is -2.22. The van der Waals surface area contributed by atoms with Gasteiger partial charge < -0.3 is 4.74 Å². The molecule has 0 spiro atoms. The highest BCUT2D eigenvalue weighted by Crippen LogP contribution is 2.29. The van der Waals surface area contributed by atoms with Crippen LogP contribution in [0.2, 0.25) is 25.7 Å². The number of thiazole rings is 1. The highest BCUT2D eigenvalue weighted by atomic mass is 79.9. The first kappa shape index (κ1) is 18.0. The summed E-state index contributed by atoms with van der Waals surface area (Å²) in [5.41, 5.74) is 0.394. The zero-order valence-electron chi connectivity index (χ0n) is 12.6. The predicted octanol–water partition coefficient (Wildman–Crippen LogP) is 4.41. The van der Waals surface area contributed by atoms with Crippen molar-refractivity contribution in [1.82, 2.24) is 14.8 Å². The first-order valence-electron chi connectivity index (χ1n) is 6.74. The number of ether oxygens (including phenoxy) is 1. The fourth-order valence-corrected chi connectivity index (χ4v) is 4.63. The molecule has 2 rings (SSSR count). The van der Waals surface area contributed by atoms with Crippen molar-refractivity contribution < 1.29 is 9.53 Å². The van der Waals surface area contributed by atoms with Crippen LogP contribution in [-0.4, -0.2) is 35.2 Å². The van der Waals surface area contributed by atoms with Crippen molar-refractivity contribution in [3.05, 3.63) is 31.4 Å². The molecule has 22 heavy (non-hydrogen) atoms. The molecule has 0 aromatic carbocycles. The summed E-state index contributed by atoms with van der Waals surface area (Å²) in [6.45, 7) is 8.03. The van der Waals surface area contributed by atoms with E-state index in [1.165, 1.54) is 11.3 Å². The molecule has 0 fully saturated rings. The zero-order valence-corrected chi connectivity index (χ0v) is 17.6. The van der Waals surface area contributed by atoms with Crippen LogP contribution in [0.5, 0.6) is 0 Å². The highest BCUT2D eigenvalue weighted by molar-refractivity contribution is 9.11. The lowest BCUT2D eigenvalue weighted by atomic mass is 10.3. The summed E-state index contributed by atoms with van der Waals surface area (Å²) in [5, 5.41) is 4.27. The minimum Gasteiger partial charge on any atom is -0.360 e. The van der Waals surface area contributed by atoms with Gasteiger partial charge in [0.15, 0.2) is 3.92 Å². The maximum atomic E-state index is 12.4. The summed E-state index contributed by atoms with van der Waals surface area (Å²) in [5.74, 6) is -0.143. The molecular weight excluding hydrogens is 450 g/mol. The van der Waals surface area contributed by atoms with E-state index in [0.29, 0.717) is 25.8 Å². The van der Waals surface area contributed by atoms with Crippen LogP contribution in [0, 0.1) is 0 Å². The molecule has 9 heteroatoms. The molecule has 0 saturated carbocycles. The quantitative estimate of drug-likeness (QED) is 0.344. The van der Waals surface area contributed by atoms with Crippen LogP contribution >= 0.6 is 43.2 Å². The van der Waals surface area contributed by atoms with Gasteiger partial charge in [0, 0.05) is 20.9 Å². The van der Waals surface area contributed by atoms with E-state index in [9.17, 15) is 4.79 Å². The molecule has 0 saturated heterocycles. The molecule has 2 heterocycles. The van der Waals surface area contributed by atoms with Crippen molar-refractivity contribution in [1.29, 1.82) is 0 Å². The van der Waals surface area contributed by atoms with E-state index in [2.05, 4.69) is 61.6 Å². The third-order valence-corrected chi connectivity index (χ3v) is 6.91. The topological polar surface area (TPSA) is 57.0 Å². The molecule has 2 aromatic heterocycles. The van der Waals surface area contributed by atoms with Crippen molar-refractivity contribution in [3.8, 4) is 0 Å². The average Bonchev–Trinajstić information content (AvgIpc) is 2.99.